The summed E-state index contributed by atoms with van der Waals surface area (Å²) in [5.41, 5.74) is 2.04. The number of morpholine rings is 1. The molecule has 2 fully saturated rings. The van der Waals surface area contributed by atoms with Gasteiger partial charge < -0.3 is 4.74 Å². The Labute approximate surface area is 147 Å². The zero-order valence-electron chi connectivity index (χ0n) is 14.3. The predicted octanol–water partition coefficient (Wildman–Crippen LogP) is -0.369. The minimum Gasteiger partial charge on any atom is -0.379 e. The number of aromatic nitrogens is 2. The molecule has 0 atom stereocenters. The van der Waals surface area contributed by atoms with Crippen LogP contribution in [0.4, 0.5) is 0 Å². The lowest BCUT2D eigenvalue weighted by Gasteiger charge is -2.41. The van der Waals surface area contributed by atoms with Crippen molar-refractivity contribution in [2.45, 2.75) is 32.2 Å². The van der Waals surface area contributed by atoms with Crippen molar-refractivity contribution in [1.82, 2.24) is 18.4 Å². The van der Waals surface area contributed by atoms with Crippen LogP contribution in [0.25, 0.3) is 0 Å². The summed E-state index contributed by atoms with van der Waals surface area (Å²) in [6.45, 7) is 3.11. The molecule has 0 amide bonds. The molecule has 0 unspecified atom stereocenters. The van der Waals surface area contributed by atoms with Gasteiger partial charge in [-0.15, -0.1) is 0 Å². The SMILES string of the molecule is O=c1cc2c(nn1CC1CN(S(=O)(=O)N3CCOCC3)C1)CCCC2. The summed E-state index contributed by atoms with van der Waals surface area (Å²) in [7, 11) is -3.40. The third-order valence-electron chi connectivity index (χ3n) is 5.25. The number of rotatable bonds is 4. The van der Waals surface area contributed by atoms with Gasteiger partial charge in [-0.05, 0) is 31.2 Å². The molecule has 0 bridgehead atoms. The van der Waals surface area contributed by atoms with Gasteiger partial charge >= 0.3 is 0 Å². The highest BCUT2D eigenvalue weighted by Crippen LogP contribution is 2.24. The van der Waals surface area contributed by atoms with Gasteiger partial charge in [0.2, 0.25) is 0 Å². The van der Waals surface area contributed by atoms with E-state index < -0.39 is 10.2 Å². The third-order valence-corrected chi connectivity index (χ3v) is 7.22. The first-order valence-corrected chi connectivity index (χ1v) is 10.4. The van der Waals surface area contributed by atoms with Gasteiger partial charge in [0.1, 0.15) is 0 Å². The van der Waals surface area contributed by atoms with E-state index in [4.69, 9.17) is 4.74 Å². The Morgan fingerprint density at radius 2 is 1.84 bits per heavy atom. The fourth-order valence-corrected chi connectivity index (χ4v) is 5.48. The first kappa shape index (κ1) is 17.1. The van der Waals surface area contributed by atoms with Gasteiger partial charge in [-0.3, -0.25) is 4.79 Å². The van der Waals surface area contributed by atoms with Gasteiger partial charge in [0.15, 0.2) is 0 Å². The summed E-state index contributed by atoms with van der Waals surface area (Å²) in [6.07, 6.45) is 4.10. The average molecular weight is 368 g/mol. The fraction of sp³-hybridized carbons (Fsp3) is 0.750. The molecule has 0 aromatic carbocycles. The molecule has 0 radical (unpaired) electrons. The van der Waals surface area contributed by atoms with E-state index in [0.29, 0.717) is 45.9 Å². The molecule has 4 rings (SSSR count). The number of hydrogen-bond donors (Lipinski definition) is 0. The largest absolute Gasteiger partial charge is 0.379 e. The zero-order chi connectivity index (χ0) is 17.4. The summed E-state index contributed by atoms with van der Waals surface area (Å²) in [4.78, 5) is 12.2. The van der Waals surface area contributed by atoms with E-state index in [1.54, 1.807) is 6.07 Å². The van der Waals surface area contributed by atoms with Crippen molar-refractivity contribution in [3.8, 4) is 0 Å². The molecule has 3 aliphatic rings. The minimum atomic E-state index is -3.40. The van der Waals surface area contributed by atoms with Crippen molar-refractivity contribution < 1.29 is 13.2 Å². The van der Waals surface area contributed by atoms with Crippen molar-refractivity contribution in [2.24, 2.45) is 5.92 Å². The van der Waals surface area contributed by atoms with E-state index in [1.165, 1.54) is 13.3 Å². The second-order valence-corrected chi connectivity index (χ2v) is 8.97. The van der Waals surface area contributed by atoms with Crippen LogP contribution in [0.3, 0.4) is 0 Å². The van der Waals surface area contributed by atoms with Gasteiger partial charge in [-0.2, -0.15) is 22.1 Å². The van der Waals surface area contributed by atoms with Crippen molar-refractivity contribution >= 4 is 10.2 Å². The van der Waals surface area contributed by atoms with Gasteiger partial charge in [0.25, 0.3) is 15.8 Å². The second kappa shape index (κ2) is 6.79. The molecule has 1 aromatic heterocycles. The summed E-state index contributed by atoms with van der Waals surface area (Å²) in [5.74, 6) is 0.141. The average Bonchev–Trinajstić information content (AvgIpc) is 2.58. The molecule has 1 aliphatic carbocycles. The van der Waals surface area contributed by atoms with E-state index in [9.17, 15) is 13.2 Å². The Hall–Kier alpha value is -1.29. The van der Waals surface area contributed by atoms with E-state index in [2.05, 4.69) is 5.10 Å². The lowest BCUT2D eigenvalue weighted by molar-refractivity contribution is 0.0654. The van der Waals surface area contributed by atoms with Gasteiger partial charge in [-0.1, -0.05) is 0 Å². The van der Waals surface area contributed by atoms with E-state index in [-0.39, 0.29) is 11.5 Å². The minimum absolute atomic E-state index is 0.0739. The van der Waals surface area contributed by atoms with E-state index in [1.807, 2.05) is 0 Å². The molecular weight excluding hydrogens is 344 g/mol. The first-order valence-electron chi connectivity index (χ1n) is 8.97. The Balaban J connectivity index is 1.39. The van der Waals surface area contributed by atoms with Crippen molar-refractivity contribution in [1.29, 1.82) is 0 Å². The van der Waals surface area contributed by atoms with Crippen LogP contribution in [0.2, 0.25) is 0 Å². The maximum Gasteiger partial charge on any atom is 0.282 e. The molecule has 9 heteroatoms. The van der Waals surface area contributed by atoms with Crippen LogP contribution in [0.1, 0.15) is 24.1 Å². The number of nitrogens with zero attached hydrogens (tertiary/aromatic N) is 4. The molecular formula is C16H24N4O4S. The summed E-state index contributed by atoms with van der Waals surface area (Å²) >= 11 is 0. The normalized spacial score (nSPS) is 23.2. The Morgan fingerprint density at radius 3 is 2.60 bits per heavy atom. The molecule has 2 aliphatic heterocycles. The van der Waals surface area contributed by atoms with Crippen molar-refractivity contribution in [3.63, 3.8) is 0 Å². The molecule has 138 valence electrons. The van der Waals surface area contributed by atoms with Crippen LogP contribution in [0.15, 0.2) is 10.9 Å². The summed E-state index contributed by atoms with van der Waals surface area (Å²) in [6, 6.07) is 1.71. The predicted molar refractivity (Wildman–Crippen MR) is 91.5 cm³/mol. The van der Waals surface area contributed by atoms with Gasteiger partial charge in [-0.25, -0.2) is 4.68 Å². The van der Waals surface area contributed by atoms with Gasteiger partial charge in [0.05, 0.1) is 25.5 Å². The lowest BCUT2D eigenvalue weighted by atomic mass is 9.97. The molecule has 3 heterocycles. The fourth-order valence-electron chi connectivity index (χ4n) is 3.74. The highest BCUT2D eigenvalue weighted by Gasteiger charge is 2.40. The molecule has 0 spiro atoms. The topological polar surface area (TPSA) is 84.7 Å². The van der Waals surface area contributed by atoms with Crippen molar-refractivity contribution in [3.05, 3.63) is 27.7 Å². The number of hydrogen-bond acceptors (Lipinski definition) is 5. The van der Waals surface area contributed by atoms with Gasteiger partial charge in [0, 0.05) is 38.2 Å². The van der Waals surface area contributed by atoms with Crippen LogP contribution in [0, 0.1) is 5.92 Å². The van der Waals surface area contributed by atoms with E-state index >= 15 is 0 Å². The standard InChI is InChI=1S/C16H24N4O4S/c21-16-9-14-3-1-2-4-15(14)17-20(16)12-13-10-19(11-13)25(22,23)18-5-7-24-8-6-18/h9,13H,1-8,10-12H2. The second-order valence-electron chi connectivity index (χ2n) is 7.05. The highest BCUT2D eigenvalue weighted by atomic mass is 32.2. The quantitative estimate of drug-likeness (QED) is 0.724. The Morgan fingerprint density at radius 1 is 1.12 bits per heavy atom. The van der Waals surface area contributed by atoms with Crippen LogP contribution < -0.4 is 5.56 Å². The lowest BCUT2D eigenvalue weighted by Crippen LogP contribution is -2.58. The van der Waals surface area contributed by atoms with Crippen LogP contribution in [-0.2, 0) is 34.3 Å². The zero-order valence-corrected chi connectivity index (χ0v) is 15.1. The monoisotopic (exact) mass is 368 g/mol. The highest BCUT2D eigenvalue weighted by molar-refractivity contribution is 7.86. The molecule has 25 heavy (non-hydrogen) atoms. The molecule has 1 aromatic rings. The first-order chi connectivity index (χ1) is 12.0. The summed E-state index contributed by atoms with van der Waals surface area (Å²) in [5, 5.41) is 4.52. The number of aryl methyl sites for hydroxylation is 2. The maximum absolute atomic E-state index is 12.5. The molecule has 0 N–H and O–H groups in total. The Kier molecular flexibility index (Phi) is 4.65. The molecule has 0 saturated carbocycles. The maximum atomic E-state index is 12.5. The third kappa shape index (κ3) is 3.38. The Bertz CT molecular complexity index is 795. The molecule has 8 nitrogen and oxygen atoms in total. The van der Waals surface area contributed by atoms with Crippen LogP contribution >= 0.6 is 0 Å². The van der Waals surface area contributed by atoms with Crippen LogP contribution in [-0.4, -0.2) is 66.2 Å². The molecule has 2 saturated heterocycles. The number of ether oxygens (including phenoxy) is 1. The van der Waals surface area contributed by atoms with E-state index in [0.717, 1.165) is 36.9 Å². The van der Waals surface area contributed by atoms with Crippen molar-refractivity contribution in [2.75, 3.05) is 39.4 Å². The number of fused-ring (bicyclic) bond motifs is 1. The summed E-state index contributed by atoms with van der Waals surface area (Å²) < 4.78 is 34.8. The smallest absolute Gasteiger partial charge is 0.282 e. The van der Waals surface area contributed by atoms with Crippen LogP contribution in [0.5, 0.6) is 0 Å².